The average molecular weight is 332 g/mol. The first-order chi connectivity index (χ1) is 9.01. The second-order valence-corrected chi connectivity index (χ2v) is 4.82. The van der Waals surface area contributed by atoms with Crippen molar-refractivity contribution in [3.63, 3.8) is 0 Å². The van der Waals surface area contributed by atoms with Crippen molar-refractivity contribution >= 4 is 22.0 Å². The van der Waals surface area contributed by atoms with Gasteiger partial charge in [0.05, 0.1) is 18.7 Å². The van der Waals surface area contributed by atoms with Crippen LogP contribution in [0.3, 0.4) is 0 Å². The fourth-order valence-electron chi connectivity index (χ4n) is 1.76. The third kappa shape index (κ3) is 4.31. The van der Waals surface area contributed by atoms with Crippen molar-refractivity contribution in [2.45, 2.75) is 25.9 Å². The van der Waals surface area contributed by atoms with Crippen LogP contribution in [0.15, 0.2) is 16.6 Å². The number of hydrogen-bond donors (Lipinski definition) is 1. The number of methoxy groups -OCH3 is 2. The molecule has 1 amide bonds. The van der Waals surface area contributed by atoms with Crippen molar-refractivity contribution in [3.8, 4) is 11.5 Å². The highest BCUT2D eigenvalue weighted by Crippen LogP contribution is 2.33. The number of nitrogens with two attached hydrogens (primary N) is 1. The molecule has 0 saturated heterocycles. The van der Waals surface area contributed by atoms with Gasteiger partial charge in [-0.25, -0.2) is 4.79 Å². The number of ether oxygens (including phenoxy) is 3. The Hall–Kier alpha value is -1.43. The molecule has 5 nitrogen and oxygen atoms in total. The van der Waals surface area contributed by atoms with Gasteiger partial charge in [-0.3, -0.25) is 0 Å². The molecule has 0 radical (unpaired) electrons. The summed E-state index contributed by atoms with van der Waals surface area (Å²) < 4.78 is 16.4. The SMILES string of the molecule is CCC(Cc1cc(OC)c(Br)cc1OC)OC(N)=O. The minimum atomic E-state index is -0.769. The molecule has 1 unspecified atom stereocenters. The molecule has 0 aliphatic heterocycles. The highest BCUT2D eigenvalue weighted by atomic mass is 79.9. The lowest BCUT2D eigenvalue weighted by molar-refractivity contribution is 0.104. The van der Waals surface area contributed by atoms with Crippen molar-refractivity contribution in [3.05, 3.63) is 22.2 Å². The molecule has 1 aromatic rings. The van der Waals surface area contributed by atoms with E-state index in [9.17, 15) is 4.79 Å². The van der Waals surface area contributed by atoms with Gasteiger partial charge >= 0.3 is 6.09 Å². The van der Waals surface area contributed by atoms with E-state index in [-0.39, 0.29) is 6.10 Å². The minimum absolute atomic E-state index is 0.280. The van der Waals surface area contributed by atoms with Crippen molar-refractivity contribution in [2.75, 3.05) is 14.2 Å². The van der Waals surface area contributed by atoms with E-state index >= 15 is 0 Å². The number of primary amides is 1. The summed E-state index contributed by atoms with van der Waals surface area (Å²) in [5, 5.41) is 0. The van der Waals surface area contributed by atoms with Crippen molar-refractivity contribution < 1.29 is 19.0 Å². The molecule has 0 aliphatic carbocycles. The molecule has 1 atom stereocenters. The monoisotopic (exact) mass is 331 g/mol. The zero-order valence-electron chi connectivity index (χ0n) is 11.2. The summed E-state index contributed by atoms with van der Waals surface area (Å²) in [6, 6.07) is 3.68. The van der Waals surface area contributed by atoms with Gasteiger partial charge in [-0.05, 0) is 34.5 Å². The lowest BCUT2D eigenvalue weighted by Gasteiger charge is -2.17. The summed E-state index contributed by atoms with van der Waals surface area (Å²) >= 11 is 3.40. The van der Waals surface area contributed by atoms with Gasteiger partial charge in [0.2, 0.25) is 0 Å². The summed E-state index contributed by atoms with van der Waals surface area (Å²) in [5.41, 5.74) is 5.95. The zero-order chi connectivity index (χ0) is 14.4. The highest BCUT2D eigenvalue weighted by Gasteiger charge is 2.16. The van der Waals surface area contributed by atoms with E-state index in [4.69, 9.17) is 19.9 Å². The van der Waals surface area contributed by atoms with E-state index in [1.165, 1.54) is 0 Å². The topological polar surface area (TPSA) is 70.8 Å². The maximum Gasteiger partial charge on any atom is 0.404 e. The van der Waals surface area contributed by atoms with E-state index in [1.54, 1.807) is 14.2 Å². The van der Waals surface area contributed by atoms with Crippen LogP contribution in [-0.4, -0.2) is 26.4 Å². The van der Waals surface area contributed by atoms with Gasteiger partial charge in [0.1, 0.15) is 17.6 Å². The van der Waals surface area contributed by atoms with Crippen molar-refractivity contribution in [1.82, 2.24) is 0 Å². The van der Waals surface area contributed by atoms with Crippen LogP contribution >= 0.6 is 15.9 Å². The summed E-state index contributed by atoms with van der Waals surface area (Å²) in [4.78, 5) is 10.8. The number of rotatable bonds is 6. The Morgan fingerprint density at radius 1 is 1.32 bits per heavy atom. The van der Waals surface area contributed by atoms with Gasteiger partial charge < -0.3 is 19.9 Å². The average Bonchev–Trinajstić information content (AvgIpc) is 2.38. The second kappa shape index (κ2) is 7.23. The van der Waals surface area contributed by atoms with Gasteiger partial charge in [-0.2, -0.15) is 0 Å². The summed E-state index contributed by atoms with van der Waals surface area (Å²) in [7, 11) is 3.18. The molecule has 1 aromatic carbocycles. The molecule has 19 heavy (non-hydrogen) atoms. The smallest absolute Gasteiger partial charge is 0.404 e. The van der Waals surface area contributed by atoms with Gasteiger partial charge in [-0.15, -0.1) is 0 Å². The molecule has 0 bridgehead atoms. The van der Waals surface area contributed by atoms with Crippen LogP contribution in [-0.2, 0) is 11.2 Å². The standard InChI is InChI=1S/C13H18BrNO4/c1-4-9(19-13(15)16)5-8-6-12(18-3)10(14)7-11(8)17-2/h6-7,9H,4-5H2,1-3H3,(H2,15,16). The van der Waals surface area contributed by atoms with Gasteiger partial charge in [0.15, 0.2) is 0 Å². The third-order valence-electron chi connectivity index (χ3n) is 2.74. The molecule has 0 fully saturated rings. The maximum atomic E-state index is 10.8. The Bertz CT molecular complexity index is 451. The number of carbonyl (C=O) groups is 1. The predicted octanol–water partition coefficient (Wildman–Crippen LogP) is 2.88. The molecule has 6 heteroatoms. The molecular weight excluding hydrogens is 314 g/mol. The van der Waals surface area contributed by atoms with Gasteiger partial charge in [0.25, 0.3) is 0 Å². The summed E-state index contributed by atoms with van der Waals surface area (Å²) in [5.74, 6) is 1.41. The van der Waals surface area contributed by atoms with E-state index in [0.717, 1.165) is 10.0 Å². The first kappa shape index (κ1) is 15.6. The molecule has 2 N–H and O–H groups in total. The van der Waals surface area contributed by atoms with E-state index < -0.39 is 6.09 Å². The lowest BCUT2D eigenvalue weighted by Crippen LogP contribution is -2.24. The van der Waals surface area contributed by atoms with Gasteiger partial charge in [-0.1, -0.05) is 6.92 Å². The predicted molar refractivity (Wildman–Crippen MR) is 75.7 cm³/mol. The second-order valence-electron chi connectivity index (χ2n) is 3.97. The first-order valence-electron chi connectivity index (χ1n) is 5.88. The number of benzene rings is 1. The van der Waals surface area contributed by atoms with Crippen LogP contribution in [0, 0.1) is 0 Å². The first-order valence-corrected chi connectivity index (χ1v) is 6.67. The number of hydrogen-bond acceptors (Lipinski definition) is 4. The molecule has 106 valence electrons. The lowest BCUT2D eigenvalue weighted by atomic mass is 10.0. The van der Waals surface area contributed by atoms with Crippen molar-refractivity contribution in [1.29, 1.82) is 0 Å². The fraction of sp³-hybridized carbons (Fsp3) is 0.462. The van der Waals surface area contributed by atoms with Crippen LogP contribution in [0.5, 0.6) is 11.5 Å². The van der Waals surface area contributed by atoms with E-state index in [0.29, 0.717) is 24.3 Å². The van der Waals surface area contributed by atoms with Crippen LogP contribution in [0.2, 0.25) is 0 Å². The quantitative estimate of drug-likeness (QED) is 0.869. The molecule has 0 aliphatic rings. The molecule has 0 heterocycles. The fourth-order valence-corrected chi connectivity index (χ4v) is 2.25. The van der Waals surface area contributed by atoms with Gasteiger partial charge in [0, 0.05) is 12.0 Å². The summed E-state index contributed by atoms with van der Waals surface area (Å²) in [6.07, 6.45) is 0.142. The zero-order valence-corrected chi connectivity index (χ0v) is 12.8. The Balaban J connectivity index is 3.00. The molecular formula is C13H18BrNO4. The Morgan fingerprint density at radius 2 is 1.95 bits per heavy atom. The molecule has 0 saturated carbocycles. The number of carbonyl (C=O) groups excluding carboxylic acids is 1. The Labute approximate surface area is 121 Å². The number of halogens is 1. The van der Waals surface area contributed by atoms with E-state index in [1.807, 2.05) is 19.1 Å². The Morgan fingerprint density at radius 3 is 2.42 bits per heavy atom. The minimum Gasteiger partial charge on any atom is -0.496 e. The third-order valence-corrected chi connectivity index (χ3v) is 3.36. The van der Waals surface area contributed by atoms with Crippen LogP contribution < -0.4 is 15.2 Å². The molecule has 0 spiro atoms. The van der Waals surface area contributed by atoms with Crippen LogP contribution in [0.1, 0.15) is 18.9 Å². The molecule has 0 aromatic heterocycles. The van der Waals surface area contributed by atoms with Crippen molar-refractivity contribution in [2.24, 2.45) is 5.73 Å². The largest absolute Gasteiger partial charge is 0.496 e. The number of amides is 1. The maximum absolute atomic E-state index is 10.8. The summed E-state index contributed by atoms with van der Waals surface area (Å²) in [6.45, 7) is 1.93. The normalized spacial score (nSPS) is 11.8. The van der Waals surface area contributed by atoms with Crippen LogP contribution in [0.25, 0.3) is 0 Å². The highest BCUT2D eigenvalue weighted by molar-refractivity contribution is 9.10. The van der Waals surface area contributed by atoms with Crippen LogP contribution in [0.4, 0.5) is 4.79 Å². The van der Waals surface area contributed by atoms with E-state index in [2.05, 4.69) is 15.9 Å². The molecule has 1 rings (SSSR count). The Kier molecular flexibility index (Phi) is 5.95.